The molecule has 0 saturated carbocycles. The standard InChI is InChI=1S/C27H45N3O5S/c1-9-14(2)11-19(12-20(25(32)29(7)8)16(4)10-15(3)13-28)36-24-17(5)22-21(18(6)31)26(33)30(22)23(24)27(34)35/h13-22,28,31H,9-12H2,1-8H3,(H,34,35). The van der Waals surface area contributed by atoms with Crippen molar-refractivity contribution in [1.29, 1.82) is 5.41 Å². The zero-order chi connectivity index (χ0) is 27.5. The molecule has 0 aromatic rings. The van der Waals surface area contributed by atoms with Gasteiger partial charge in [0.05, 0.1) is 18.1 Å². The number of fused-ring (bicyclic) bond motifs is 1. The van der Waals surface area contributed by atoms with E-state index in [2.05, 4.69) is 20.8 Å². The summed E-state index contributed by atoms with van der Waals surface area (Å²) in [6, 6.07) is -0.345. The van der Waals surface area contributed by atoms with Crippen LogP contribution in [0.2, 0.25) is 0 Å². The average molecular weight is 524 g/mol. The molecule has 1 saturated heterocycles. The Morgan fingerprint density at radius 2 is 1.78 bits per heavy atom. The number of rotatable bonds is 14. The number of aliphatic hydroxyl groups is 1. The molecular weight excluding hydrogens is 478 g/mol. The van der Waals surface area contributed by atoms with Crippen molar-refractivity contribution in [3.63, 3.8) is 0 Å². The lowest BCUT2D eigenvalue weighted by Crippen LogP contribution is -2.63. The predicted octanol–water partition coefficient (Wildman–Crippen LogP) is 4.08. The molecule has 0 aromatic heterocycles. The highest BCUT2D eigenvalue weighted by molar-refractivity contribution is 8.03. The van der Waals surface area contributed by atoms with E-state index in [-0.39, 0.29) is 52.5 Å². The van der Waals surface area contributed by atoms with Crippen LogP contribution < -0.4 is 0 Å². The molecule has 9 atom stereocenters. The number of nitrogens with zero attached hydrogens (tertiary/aromatic N) is 2. The maximum Gasteiger partial charge on any atom is 0.353 e. The summed E-state index contributed by atoms with van der Waals surface area (Å²) in [5, 5.41) is 27.8. The first-order valence-corrected chi connectivity index (χ1v) is 14.0. The molecule has 0 spiro atoms. The maximum atomic E-state index is 13.3. The van der Waals surface area contributed by atoms with Crippen LogP contribution >= 0.6 is 11.8 Å². The summed E-state index contributed by atoms with van der Waals surface area (Å²) >= 11 is 1.51. The largest absolute Gasteiger partial charge is 0.477 e. The fraction of sp³-hybridized carbons (Fsp3) is 0.778. The van der Waals surface area contributed by atoms with Gasteiger partial charge in [-0.1, -0.05) is 41.0 Å². The monoisotopic (exact) mass is 523 g/mol. The zero-order valence-electron chi connectivity index (χ0n) is 23.0. The number of carboxylic acid groups (broad SMARTS) is 1. The van der Waals surface area contributed by atoms with Gasteiger partial charge in [0.15, 0.2) is 0 Å². The Kier molecular flexibility index (Phi) is 10.6. The van der Waals surface area contributed by atoms with Gasteiger partial charge in [0.1, 0.15) is 5.70 Å². The first kappa shape index (κ1) is 30.4. The smallest absolute Gasteiger partial charge is 0.353 e. The van der Waals surface area contributed by atoms with Crippen LogP contribution in [0.5, 0.6) is 0 Å². The zero-order valence-corrected chi connectivity index (χ0v) is 23.8. The van der Waals surface area contributed by atoms with Crippen molar-refractivity contribution in [1.82, 2.24) is 9.80 Å². The van der Waals surface area contributed by atoms with Crippen LogP contribution in [0.25, 0.3) is 0 Å². The van der Waals surface area contributed by atoms with Gasteiger partial charge in [-0.05, 0) is 50.2 Å². The highest BCUT2D eigenvalue weighted by Gasteiger charge is 2.60. The number of thioether (sulfide) groups is 1. The number of carbonyl (C=O) groups excluding carboxylic acids is 2. The molecule has 2 aliphatic heterocycles. The summed E-state index contributed by atoms with van der Waals surface area (Å²) in [5.74, 6) is -1.92. The summed E-state index contributed by atoms with van der Waals surface area (Å²) in [7, 11) is 3.52. The average Bonchev–Trinajstić information content (AvgIpc) is 3.04. The van der Waals surface area contributed by atoms with E-state index in [0.29, 0.717) is 17.2 Å². The number of carboxylic acids is 1. The summed E-state index contributed by atoms with van der Waals surface area (Å²) in [6.45, 7) is 11.9. The van der Waals surface area contributed by atoms with Crippen molar-refractivity contribution < 1.29 is 24.6 Å². The van der Waals surface area contributed by atoms with Crippen LogP contribution in [0.3, 0.4) is 0 Å². The topological polar surface area (TPSA) is 122 Å². The van der Waals surface area contributed by atoms with Crippen LogP contribution in [0.4, 0.5) is 0 Å². The number of carbonyl (C=O) groups is 3. The third-order valence-electron chi connectivity index (χ3n) is 7.96. The second kappa shape index (κ2) is 12.6. The Morgan fingerprint density at radius 1 is 1.17 bits per heavy atom. The van der Waals surface area contributed by atoms with Gasteiger partial charge >= 0.3 is 5.97 Å². The van der Waals surface area contributed by atoms with E-state index in [4.69, 9.17) is 5.41 Å². The molecule has 204 valence electrons. The number of hydrogen-bond donors (Lipinski definition) is 3. The Hall–Kier alpha value is -1.87. The third kappa shape index (κ3) is 6.33. The van der Waals surface area contributed by atoms with E-state index in [1.54, 1.807) is 25.9 Å². The van der Waals surface area contributed by atoms with Gasteiger partial charge in [0, 0.05) is 36.1 Å². The first-order valence-electron chi connectivity index (χ1n) is 13.1. The van der Waals surface area contributed by atoms with Gasteiger partial charge in [0.2, 0.25) is 11.8 Å². The molecule has 0 aliphatic carbocycles. The molecule has 2 amide bonds. The van der Waals surface area contributed by atoms with Gasteiger partial charge in [0.25, 0.3) is 0 Å². The van der Waals surface area contributed by atoms with Gasteiger partial charge in [-0.25, -0.2) is 4.79 Å². The van der Waals surface area contributed by atoms with E-state index in [1.807, 2.05) is 13.8 Å². The molecule has 0 radical (unpaired) electrons. The van der Waals surface area contributed by atoms with Crippen molar-refractivity contribution in [2.45, 2.75) is 84.6 Å². The fourth-order valence-electron chi connectivity index (χ4n) is 5.68. The van der Waals surface area contributed by atoms with Crippen LogP contribution in [0.1, 0.15) is 67.2 Å². The Bertz CT molecular complexity index is 873. The summed E-state index contributed by atoms with van der Waals surface area (Å²) in [4.78, 5) is 42.0. The van der Waals surface area contributed by atoms with Gasteiger partial charge in [-0.2, -0.15) is 0 Å². The Labute approximate surface area is 220 Å². The molecule has 2 rings (SSSR count). The van der Waals surface area contributed by atoms with Crippen molar-refractivity contribution in [2.75, 3.05) is 14.1 Å². The van der Waals surface area contributed by atoms with Crippen LogP contribution in [0.15, 0.2) is 10.6 Å². The van der Waals surface area contributed by atoms with Crippen LogP contribution in [-0.4, -0.2) is 75.5 Å². The molecule has 9 unspecified atom stereocenters. The lowest BCUT2D eigenvalue weighted by Gasteiger charge is -2.46. The van der Waals surface area contributed by atoms with E-state index in [1.165, 1.54) is 22.9 Å². The second-order valence-electron chi connectivity index (χ2n) is 11.2. The molecule has 0 bridgehead atoms. The normalized spacial score (nSPS) is 26.4. The van der Waals surface area contributed by atoms with Crippen LogP contribution in [0, 0.1) is 40.9 Å². The van der Waals surface area contributed by atoms with Gasteiger partial charge in [-0.3, -0.25) is 9.59 Å². The SMILES string of the molecule is CCC(C)CC(CC(C(=O)N(C)C)C(C)CC(C)C=N)SC1=C(C(=O)O)N2C(=O)C(C(C)O)C2C1C. The second-order valence-corrected chi connectivity index (χ2v) is 12.5. The lowest BCUT2D eigenvalue weighted by atomic mass is 9.79. The number of aliphatic hydroxyl groups excluding tert-OH is 1. The van der Waals surface area contributed by atoms with Crippen molar-refractivity contribution in [3.05, 3.63) is 10.6 Å². The summed E-state index contributed by atoms with van der Waals surface area (Å²) < 4.78 is 0. The predicted molar refractivity (Wildman–Crippen MR) is 144 cm³/mol. The number of hydrogen-bond acceptors (Lipinski definition) is 6. The number of aliphatic carboxylic acids is 1. The summed E-state index contributed by atoms with van der Waals surface area (Å²) in [6.07, 6.45) is 3.71. The minimum atomic E-state index is -1.12. The third-order valence-corrected chi connectivity index (χ3v) is 9.49. The minimum Gasteiger partial charge on any atom is -0.477 e. The van der Waals surface area contributed by atoms with Crippen LogP contribution in [-0.2, 0) is 14.4 Å². The lowest BCUT2D eigenvalue weighted by molar-refractivity contribution is -0.163. The van der Waals surface area contributed by atoms with Crippen molar-refractivity contribution in [2.24, 2.45) is 35.5 Å². The molecule has 1 fully saturated rings. The molecule has 0 aromatic carbocycles. The highest BCUT2D eigenvalue weighted by Crippen LogP contribution is 2.52. The summed E-state index contributed by atoms with van der Waals surface area (Å²) in [5.41, 5.74) is 0.0366. The quantitative estimate of drug-likeness (QED) is 0.233. The van der Waals surface area contributed by atoms with Gasteiger partial charge in [-0.15, -0.1) is 11.8 Å². The molecule has 2 heterocycles. The molecule has 8 nitrogen and oxygen atoms in total. The Morgan fingerprint density at radius 3 is 2.25 bits per heavy atom. The fourth-order valence-corrected chi connectivity index (χ4v) is 7.42. The number of β-lactam (4-membered cyclic amide) rings is 1. The molecule has 9 heteroatoms. The molecule has 3 N–H and O–H groups in total. The maximum absolute atomic E-state index is 13.3. The Balaban J connectivity index is 2.42. The van der Waals surface area contributed by atoms with Gasteiger partial charge < -0.3 is 25.4 Å². The van der Waals surface area contributed by atoms with E-state index < -0.39 is 18.0 Å². The number of amides is 2. The molecule has 2 aliphatic rings. The number of nitrogens with one attached hydrogen (secondary N) is 1. The first-order chi connectivity index (χ1) is 16.8. The molecular formula is C27H45N3O5S. The van der Waals surface area contributed by atoms with Crippen molar-refractivity contribution in [3.8, 4) is 0 Å². The van der Waals surface area contributed by atoms with Crippen molar-refractivity contribution >= 4 is 35.8 Å². The van der Waals surface area contributed by atoms with E-state index >= 15 is 0 Å². The van der Waals surface area contributed by atoms with E-state index in [9.17, 15) is 24.6 Å². The highest BCUT2D eigenvalue weighted by atomic mass is 32.2. The molecule has 36 heavy (non-hydrogen) atoms. The van der Waals surface area contributed by atoms with E-state index in [0.717, 1.165) is 19.3 Å². The minimum absolute atomic E-state index is 0.00260.